The number of carbonyl (C=O) groups excluding carboxylic acids is 1. The van der Waals surface area contributed by atoms with Crippen molar-refractivity contribution in [3.05, 3.63) is 12.7 Å². The summed E-state index contributed by atoms with van der Waals surface area (Å²) in [6.07, 6.45) is 0.302. The maximum Gasteiger partial charge on any atom is 0.408 e. The molecule has 94 valence electrons. The lowest BCUT2D eigenvalue weighted by Crippen LogP contribution is -2.46. The second-order valence-corrected chi connectivity index (χ2v) is 5.14. The molecule has 0 bridgehead atoms. The Morgan fingerprint density at radius 3 is 2.25 bits per heavy atom. The standard InChI is InChI=1S/C12H23NO3/c1-7-9(10(14)8(2)3)13-11(15)16-12(4,5)6/h7-10,14H,1H2,2-6H3,(H,13,15). The van der Waals surface area contributed by atoms with E-state index in [2.05, 4.69) is 11.9 Å². The Balaban J connectivity index is 4.34. The van der Waals surface area contributed by atoms with E-state index in [4.69, 9.17) is 4.74 Å². The summed E-state index contributed by atoms with van der Waals surface area (Å²) in [5.41, 5.74) is -0.543. The van der Waals surface area contributed by atoms with Crippen LogP contribution in [0.25, 0.3) is 0 Å². The molecule has 0 saturated heterocycles. The van der Waals surface area contributed by atoms with Crippen LogP contribution in [0.3, 0.4) is 0 Å². The van der Waals surface area contributed by atoms with E-state index in [1.165, 1.54) is 6.08 Å². The molecule has 0 heterocycles. The Kier molecular flexibility index (Phi) is 5.51. The van der Waals surface area contributed by atoms with Crippen molar-refractivity contribution in [2.24, 2.45) is 5.92 Å². The predicted molar refractivity (Wildman–Crippen MR) is 64.2 cm³/mol. The summed E-state index contributed by atoms with van der Waals surface area (Å²) in [4.78, 5) is 11.5. The van der Waals surface area contributed by atoms with Crippen molar-refractivity contribution in [2.45, 2.75) is 52.4 Å². The molecule has 0 aromatic rings. The molecule has 0 rings (SSSR count). The molecule has 2 atom stereocenters. The molecule has 0 aromatic carbocycles. The van der Waals surface area contributed by atoms with Gasteiger partial charge in [-0.15, -0.1) is 6.58 Å². The number of hydrogen-bond acceptors (Lipinski definition) is 3. The van der Waals surface area contributed by atoms with E-state index < -0.39 is 23.8 Å². The van der Waals surface area contributed by atoms with Gasteiger partial charge in [0, 0.05) is 0 Å². The zero-order valence-electron chi connectivity index (χ0n) is 10.8. The average Bonchev–Trinajstić information content (AvgIpc) is 2.09. The van der Waals surface area contributed by atoms with E-state index in [9.17, 15) is 9.90 Å². The normalized spacial score (nSPS) is 15.4. The van der Waals surface area contributed by atoms with E-state index in [0.717, 1.165) is 0 Å². The van der Waals surface area contributed by atoms with Crippen molar-refractivity contribution in [1.29, 1.82) is 0 Å². The zero-order valence-corrected chi connectivity index (χ0v) is 10.8. The quantitative estimate of drug-likeness (QED) is 0.726. The number of hydrogen-bond donors (Lipinski definition) is 2. The fourth-order valence-electron chi connectivity index (χ4n) is 1.14. The van der Waals surface area contributed by atoms with Crippen molar-refractivity contribution < 1.29 is 14.6 Å². The molecule has 0 spiro atoms. The van der Waals surface area contributed by atoms with E-state index in [1.807, 2.05) is 13.8 Å². The van der Waals surface area contributed by atoms with Crippen LogP contribution in [0.2, 0.25) is 0 Å². The molecule has 1 amide bonds. The number of amides is 1. The minimum absolute atomic E-state index is 0.0398. The number of nitrogens with one attached hydrogen (secondary N) is 1. The van der Waals surface area contributed by atoms with Crippen LogP contribution in [0.4, 0.5) is 4.79 Å². The molecule has 0 fully saturated rings. The number of aliphatic hydroxyl groups is 1. The van der Waals surface area contributed by atoms with Gasteiger partial charge in [-0.2, -0.15) is 0 Å². The lowest BCUT2D eigenvalue weighted by Gasteiger charge is -2.26. The van der Waals surface area contributed by atoms with Crippen molar-refractivity contribution in [1.82, 2.24) is 5.32 Å². The van der Waals surface area contributed by atoms with Gasteiger partial charge in [0.15, 0.2) is 0 Å². The van der Waals surface area contributed by atoms with Crippen LogP contribution in [-0.4, -0.2) is 28.9 Å². The van der Waals surface area contributed by atoms with E-state index in [-0.39, 0.29) is 5.92 Å². The maximum absolute atomic E-state index is 11.5. The summed E-state index contributed by atoms with van der Waals surface area (Å²) in [6.45, 7) is 12.7. The fraction of sp³-hybridized carbons (Fsp3) is 0.750. The van der Waals surface area contributed by atoms with E-state index in [1.54, 1.807) is 20.8 Å². The number of aliphatic hydroxyl groups excluding tert-OH is 1. The number of ether oxygens (including phenoxy) is 1. The van der Waals surface area contributed by atoms with Crippen molar-refractivity contribution in [2.75, 3.05) is 0 Å². The highest BCUT2D eigenvalue weighted by Crippen LogP contribution is 2.10. The Labute approximate surface area is 97.7 Å². The van der Waals surface area contributed by atoms with Crippen molar-refractivity contribution in [3.63, 3.8) is 0 Å². The Morgan fingerprint density at radius 2 is 1.94 bits per heavy atom. The predicted octanol–water partition coefficient (Wildman–Crippen LogP) is 2.08. The first kappa shape index (κ1) is 15.0. The van der Waals surface area contributed by atoms with Crippen molar-refractivity contribution >= 4 is 6.09 Å². The largest absolute Gasteiger partial charge is 0.444 e. The highest BCUT2D eigenvalue weighted by Gasteiger charge is 2.24. The zero-order chi connectivity index (χ0) is 12.9. The molecule has 0 aliphatic carbocycles. The van der Waals surface area contributed by atoms with Gasteiger partial charge in [0.2, 0.25) is 0 Å². The van der Waals surface area contributed by atoms with Gasteiger partial charge >= 0.3 is 6.09 Å². The SMILES string of the molecule is C=CC(NC(=O)OC(C)(C)C)C(O)C(C)C. The highest BCUT2D eigenvalue weighted by molar-refractivity contribution is 5.68. The Morgan fingerprint density at radius 1 is 1.44 bits per heavy atom. The Bertz CT molecular complexity index is 243. The number of carbonyl (C=O) groups is 1. The maximum atomic E-state index is 11.5. The second-order valence-electron chi connectivity index (χ2n) is 5.14. The van der Waals surface area contributed by atoms with Gasteiger partial charge in [-0.3, -0.25) is 0 Å². The topological polar surface area (TPSA) is 58.6 Å². The van der Waals surface area contributed by atoms with E-state index in [0.29, 0.717) is 0 Å². The summed E-state index contributed by atoms with van der Waals surface area (Å²) in [5, 5.41) is 12.4. The number of alkyl carbamates (subject to hydrolysis) is 1. The Hall–Kier alpha value is -1.03. The molecule has 16 heavy (non-hydrogen) atoms. The summed E-state index contributed by atoms with van der Waals surface area (Å²) < 4.78 is 5.09. The van der Waals surface area contributed by atoms with Crippen LogP contribution >= 0.6 is 0 Å². The van der Waals surface area contributed by atoms with Gasteiger partial charge in [0.25, 0.3) is 0 Å². The molecule has 2 N–H and O–H groups in total. The van der Waals surface area contributed by atoms with Gasteiger partial charge in [-0.05, 0) is 26.7 Å². The van der Waals surface area contributed by atoms with Gasteiger partial charge in [0.05, 0.1) is 12.1 Å². The molecule has 0 aromatic heterocycles. The third kappa shape index (κ3) is 5.75. The monoisotopic (exact) mass is 229 g/mol. The average molecular weight is 229 g/mol. The van der Waals surface area contributed by atoms with Crippen LogP contribution in [-0.2, 0) is 4.74 Å². The first-order valence-corrected chi connectivity index (χ1v) is 5.47. The molecule has 0 radical (unpaired) electrons. The first-order valence-electron chi connectivity index (χ1n) is 5.47. The minimum atomic E-state index is -0.662. The summed E-state index contributed by atoms with van der Waals surface area (Å²) in [5.74, 6) is 0.0398. The lowest BCUT2D eigenvalue weighted by atomic mass is 10.00. The van der Waals surface area contributed by atoms with Crippen LogP contribution in [0, 0.1) is 5.92 Å². The van der Waals surface area contributed by atoms with Gasteiger partial charge < -0.3 is 15.2 Å². The molecule has 4 nitrogen and oxygen atoms in total. The van der Waals surface area contributed by atoms with Gasteiger partial charge in [-0.25, -0.2) is 4.79 Å². The third-order valence-electron chi connectivity index (χ3n) is 1.99. The van der Waals surface area contributed by atoms with Gasteiger partial charge in [0.1, 0.15) is 5.60 Å². The lowest BCUT2D eigenvalue weighted by molar-refractivity contribution is 0.0411. The molecule has 0 aliphatic heterocycles. The second kappa shape index (κ2) is 5.89. The smallest absolute Gasteiger partial charge is 0.408 e. The molecule has 0 aliphatic rings. The van der Waals surface area contributed by atoms with Crippen LogP contribution in [0.15, 0.2) is 12.7 Å². The molecular weight excluding hydrogens is 206 g/mol. The fourth-order valence-corrected chi connectivity index (χ4v) is 1.14. The molecule has 0 saturated carbocycles. The van der Waals surface area contributed by atoms with E-state index >= 15 is 0 Å². The molecule has 4 heteroatoms. The molecule has 2 unspecified atom stereocenters. The van der Waals surface area contributed by atoms with Gasteiger partial charge in [-0.1, -0.05) is 19.9 Å². The van der Waals surface area contributed by atoms with Crippen LogP contribution < -0.4 is 5.32 Å². The summed E-state index contributed by atoms with van der Waals surface area (Å²) >= 11 is 0. The summed E-state index contributed by atoms with van der Waals surface area (Å²) in [7, 11) is 0. The first-order chi connectivity index (χ1) is 7.17. The molecular formula is C12H23NO3. The van der Waals surface area contributed by atoms with Crippen LogP contribution in [0.1, 0.15) is 34.6 Å². The third-order valence-corrected chi connectivity index (χ3v) is 1.99. The van der Waals surface area contributed by atoms with Crippen molar-refractivity contribution in [3.8, 4) is 0 Å². The van der Waals surface area contributed by atoms with Crippen LogP contribution in [0.5, 0.6) is 0 Å². The number of rotatable bonds is 4. The highest BCUT2D eigenvalue weighted by atomic mass is 16.6. The summed E-state index contributed by atoms with van der Waals surface area (Å²) in [6, 6.07) is -0.491. The minimum Gasteiger partial charge on any atom is -0.444 e.